The van der Waals surface area contributed by atoms with E-state index in [1.165, 1.54) is 13.4 Å². The van der Waals surface area contributed by atoms with Gasteiger partial charge in [-0.25, -0.2) is 0 Å². The molecule has 1 aliphatic carbocycles. The second-order valence-electron chi connectivity index (χ2n) is 4.59. The average Bonchev–Trinajstić information content (AvgIpc) is 3.07. The van der Waals surface area contributed by atoms with Gasteiger partial charge in [0.25, 0.3) is 5.91 Å². The molecule has 0 radical (unpaired) electrons. The van der Waals surface area contributed by atoms with E-state index in [4.69, 9.17) is 4.42 Å². The summed E-state index contributed by atoms with van der Waals surface area (Å²) >= 11 is 0. The molecule has 1 heterocycles. The number of furan rings is 1. The standard InChI is InChI=1S/C13H17NO4/c1-9(13(16)17-2)8-14(10-5-6-10)12(15)11-4-3-7-18-11/h3-4,7,9-10H,5-6,8H2,1-2H3. The zero-order chi connectivity index (χ0) is 13.1. The Labute approximate surface area is 106 Å². The quantitative estimate of drug-likeness (QED) is 0.747. The Bertz CT molecular complexity index is 422. The highest BCUT2D eigenvalue weighted by Crippen LogP contribution is 2.29. The minimum Gasteiger partial charge on any atom is -0.469 e. The van der Waals surface area contributed by atoms with Crippen molar-refractivity contribution in [3.8, 4) is 0 Å². The minimum atomic E-state index is -0.325. The summed E-state index contributed by atoms with van der Waals surface area (Å²) in [5.74, 6) is -0.459. The van der Waals surface area contributed by atoms with Gasteiger partial charge in [0.1, 0.15) is 0 Å². The van der Waals surface area contributed by atoms with Crippen LogP contribution in [0.5, 0.6) is 0 Å². The van der Waals surface area contributed by atoms with Gasteiger partial charge in [0.05, 0.1) is 19.3 Å². The summed E-state index contributed by atoms with van der Waals surface area (Å²) < 4.78 is 9.80. The first-order valence-corrected chi connectivity index (χ1v) is 6.05. The van der Waals surface area contributed by atoms with Gasteiger partial charge in [-0.2, -0.15) is 0 Å². The summed E-state index contributed by atoms with van der Waals surface area (Å²) in [5, 5.41) is 0. The van der Waals surface area contributed by atoms with E-state index < -0.39 is 0 Å². The zero-order valence-corrected chi connectivity index (χ0v) is 10.6. The molecule has 0 aliphatic heterocycles. The van der Waals surface area contributed by atoms with Crippen LogP contribution in [0.3, 0.4) is 0 Å². The molecule has 1 aromatic heterocycles. The van der Waals surface area contributed by atoms with Crippen LogP contribution in [0.15, 0.2) is 22.8 Å². The monoisotopic (exact) mass is 251 g/mol. The molecule has 18 heavy (non-hydrogen) atoms. The van der Waals surface area contributed by atoms with Crippen LogP contribution in [-0.4, -0.2) is 36.5 Å². The maximum atomic E-state index is 12.2. The second kappa shape index (κ2) is 5.25. The third kappa shape index (κ3) is 2.72. The predicted molar refractivity (Wildman–Crippen MR) is 63.9 cm³/mol. The van der Waals surface area contributed by atoms with E-state index >= 15 is 0 Å². The fourth-order valence-corrected chi connectivity index (χ4v) is 1.90. The number of amides is 1. The topological polar surface area (TPSA) is 59.8 Å². The highest BCUT2D eigenvalue weighted by molar-refractivity contribution is 5.92. The lowest BCUT2D eigenvalue weighted by molar-refractivity contribution is -0.145. The van der Waals surface area contributed by atoms with E-state index in [1.54, 1.807) is 24.0 Å². The van der Waals surface area contributed by atoms with Crippen LogP contribution >= 0.6 is 0 Å². The van der Waals surface area contributed by atoms with Gasteiger partial charge in [-0.1, -0.05) is 6.92 Å². The second-order valence-corrected chi connectivity index (χ2v) is 4.59. The van der Waals surface area contributed by atoms with E-state index in [1.807, 2.05) is 0 Å². The number of hydrogen-bond donors (Lipinski definition) is 0. The van der Waals surface area contributed by atoms with Gasteiger partial charge < -0.3 is 14.1 Å². The number of carbonyl (C=O) groups is 2. The van der Waals surface area contributed by atoms with Crippen molar-refractivity contribution in [3.05, 3.63) is 24.2 Å². The smallest absolute Gasteiger partial charge is 0.310 e. The maximum absolute atomic E-state index is 12.2. The molecule has 1 aromatic rings. The van der Waals surface area contributed by atoms with Gasteiger partial charge in [-0.05, 0) is 25.0 Å². The molecular weight excluding hydrogens is 234 g/mol. The average molecular weight is 251 g/mol. The molecule has 0 aromatic carbocycles. The molecule has 5 heteroatoms. The van der Waals surface area contributed by atoms with Crippen molar-refractivity contribution < 1.29 is 18.7 Å². The van der Waals surface area contributed by atoms with Gasteiger partial charge in [-0.15, -0.1) is 0 Å². The molecular formula is C13H17NO4. The number of methoxy groups -OCH3 is 1. The Balaban J connectivity index is 2.05. The van der Waals surface area contributed by atoms with E-state index in [2.05, 4.69) is 4.74 Å². The summed E-state index contributed by atoms with van der Waals surface area (Å²) in [7, 11) is 1.36. The molecule has 2 rings (SSSR count). The number of esters is 1. The fraction of sp³-hybridized carbons (Fsp3) is 0.538. The fourth-order valence-electron chi connectivity index (χ4n) is 1.90. The van der Waals surface area contributed by atoms with Crippen molar-refractivity contribution >= 4 is 11.9 Å². The maximum Gasteiger partial charge on any atom is 0.310 e. The molecule has 1 amide bonds. The van der Waals surface area contributed by atoms with E-state index in [0.717, 1.165) is 12.8 Å². The third-order valence-corrected chi connectivity index (χ3v) is 3.05. The van der Waals surface area contributed by atoms with Gasteiger partial charge in [0, 0.05) is 12.6 Å². The molecule has 0 saturated heterocycles. The predicted octanol–water partition coefficient (Wildman–Crippen LogP) is 1.69. The van der Waals surface area contributed by atoms with Crippen LogP contribution in [0.4, 0.5) is 0 Å². The summed E-state index contributed by atoms with van der Waals surface area (Å²) in [4.78, 5) is 25.3. The van der Waals surface area contributed by atoms with Gasteiger partial charge in [0.15, 0.2) is 5.76 Å². The Morgan fingerprint density at radius 3 is 2.78 bits per heavy atom. The molecule has 1 atom stereocenters. The highest BCUT2D eigenvalue weighted by atomic mass is 16.5. The lowest BCUT2D eigenvalue weighted by Crippen LogP contribution is -2.38. The summed E-state index contributed by atoms with van der Waals surface area (Å²) in [6, 6.07) is 3.55. The van der Waals surface area contributed by atoms with Crippen LogP contribution in [-0.2, 0) is 9.53 Å². The van der Waals surface area contributed by atoms with Gasteiger partial charge >= 0.3 is 5.97 Å². The zero-order valence-electron chi connectivity index (χ0n) is 10.6. The van der Waals surface area contributed by atoms with Crippen molar-refractivity contribution in [2.75, 3.05) is 13.7 Å². The molecule has 1 aliphatic rings. The highest BCUT2D eigenvalue weighted by Gasteiger charge is 2.35. The summed E-state index contributed by atoms with van der Waals surface area (Å²) in [6.07, 6.45) is 3.45. The first-order valence-electron chi connectivity index (χ1n) is 6.05. The summed E-state index contributed by atoms with van der Waals surface area (Å²) in [5.41, 5.74) is 0. The number of ether oxygens (including phenoxy) is 1. The van der Waals surface area contributed by atoms with Crippen molar-refractivity contribution in [1.82, 2.24) is 4.90 Å². The van der Waals surface area contributed by atoms with Crippen LogP contribution in [0.1, 0.15) is 30.3 Å². The Morgan fingerprint density at radius 1 is 1.56 bits per heavy atom. The van der Waals surface area contributed by atoms with Crippen molar-refractivity contribution in [3.63, 3.8) is 0 Å². The Morgan fingerprint density at radius 2 is 2.28 bits per heavy atom. The molecule has 0 spiro atoms. The molecule has 5 nitrogen and oxygen atoms in total. The van der Waals surface area contributed by atoms with Crippen LogP contribution < -0.4 is 0 Å². The Kier molecular flexibility index (Phi) is 3.69. The van der Waals surface area contributed by atoms with Crippen LogP contribution in [0, 0.1) is 5.92 Å². The van der Waals surface area contributed by atoms with Crippen LogP contribution in [0.2, 0.25) is 0 Å². The third-order valence-electron chi connectivity index (χ3n) is 3.05. The van der Waals surface area contributed by atoms with Crippen molar-refractivity contribution in [2.45, 2.75) is 25.8 Å². The summed E-state index contributed by atoms with van der Waals surface area (Å²) in [6.45, 7) is 2.13. The number of hydrogen-bond acceptors (Lipinski definition) is 4. The first kappa shape index (κ1) is 12.7. The van der Waals surface area contributed by atoms with Gasteiger partial charge in [-0.3, -0.25) is 9.59 Å². The molecule has 0 N–H and O–H groups in total. The molecule has 1 saturated carbocycles. The number of rotatable bonds is 5. The van der Waals surface area contributed by atoms with Crippen LogP contribution in [0.25, 0.3) is 0 Å². The molecule has 98 valence electrons. The largest absolute Gasteiger partial charge is 0.469 e. The number of nitrogens with zero attached hydrogens (tertiary/aromatic N) is 1. The molecule has 0 bridgehead atoms. The van der Waals surface area contributed by atoms with E-state index in [-0.39, 0.29) is 23.8 Å². The normalized spacial score (nSPS) is 16.1. The molecule has 1 fully saturated rings. The van der Waals surface area contributed by atoms with E-state index in [9.17, 15) is 9.59 Å². The Hall–Kier alpha value is -1.78. The first-order chi connectivity index (χ1) is 8.63. The van der Waals surface area contributed by atoms with E-state index in [0.29, 0.717) is 12.3 Å². The van der Waals surface area contributed by atoms with Gasteiger partial charge in [0.2, 0.25) is 0 Å². The number of carbonyl (C=O) groups excluding carboxylic acids is 2. The SMILES string of the molecule is COC(=O)C(C)CN(C(=O)c1ccco1)C1CC1. The molecule has 1 unspecified atom stereocenters. The lowest BCUT2D eigenvalue weighted by Gasteiger charge is -2.23. The minimum absolute atomic E-state index is 0.154. The van der Waals surface area contributed by atoms with Crippen molar-refractivity contribution in [2.24, 2.45) is 5.92 Å². The van der Waals surface area contributed by atoms with Crippen molar-refractivity contribution in [1.29, 1.82) is 0 Å². The lowest BCUT2D eigenvalue weighted by atomic mass is 10.1.